The summed E-state index contributed by atoms with van der Waals surface area (Å²) < 4.78 is 13.0. The van der Waals surface area contributed by atoms with Gasteiger partial charge in [-0.25, -0.2) is 4.39 Å². The molecule has 98 valence electrons. The molecule has 0 saturated heterocycles. The maximum Gasteiger partial charge on any atom is 0.251 e. The van der Waals surface area contributed by atoms with Gasteiger partial charge in [-0.3, -0.25) is 4.79 Å². The molecule has 5 heteroatoms. The van der Waals surface area contributed by atoms with Gasteiger partial charge in [-0.05, 0) is 24.6 Å². The highest BCUT2D eigenvalue weighted by atomic mass is 35.5. The molecule has 2 rings (SSSR count). The Morgan fingerprint density at radius 1 is 1.56 bits per heavy atom. The van der Waals surface area contributed by atoms with Crippen LogP contribution in [-0.4, -0.2) is 23.2 Å². The molecular formula is C13H15ClFNO2. The molecule has 0 heterocycles. The average molecular weight is 272 g/mol. The van der Waals surface area contributed by atoms with Gasteiger partial charge in [0.15, 0.2) is 0 Å². The van der Waals surface area contributed by atoms with Crippen molar-refractivity contribution in [2.45, 2.75) is 32.4 Å². The number of carbonyl (C=O) groups excluding carboxylic acids is 1. The quantitative estimate of drug-likeness (QED) is 0.868. The fourth-order valence-electron chi connectivity index (χ4n) is 2.03. The average Bonchev–Trinajstić information content (AvgIpc) is 2.32. The van der Waals surface area contributed by atoms with Crippen LogP contribution in [0.5, 0.6) is 0 Å². The molecule has 1 amide bonds. The minimum Gasteiger partial charge on any atom is -0.392 e. The summed E-state index contributed by atoms with van der Waals surface area (Å²) in [5.41, 5.74) is -0.0157. The Bertz CT molecular complexity index is 490. The van der Waals surface area contributed by atoms with Crippen molar-refractivity contribution in [3.8, 4) is 0 Å². The first-order valence-corrected chi connectivity index (χ1v) is 6.14. The first-order chi connectivity index (χ1) is 8.32. The van der Waals surface area contributed by atoms with Crippen molar-refractivity contribution in [2.24, 2.45) is 5.41 Å². The molecule has 0 aromatic heterocycles. The van der Waals surface area contributed by atoms with Crippen molar-refractivity contribution < 1.29 is 14.3 Å². The third-order valence-corrected chi connectivity index (χ3v) is 3.99. The maximum atomic E-state index is 13.0. The van der Waals surface area contributed by atoms with E-state index in [0.29, 0.717) is 12.0 Å². The zero-order valence-electron chi connectivity index (χ0n) is 10.2. The highest BCUT2D eigenvalue weighted by Crippen LogP contribution is 2.40. The second-order valence-corrected chi connectivity index (χ2v) is 5.64. The van der Waals surface area contributed by atoms with Crippen molar-refractivity contribution in [3.05, 3.63) is 34.6 Å². The van der Waals surface area contributed by atoms with E-state index in [4.69, 9.17) is 11.6 Å². The molecular weight excluding hydrogens is 257 g/mol. The minimum atomic E-state index is -0.549. The van der Waals surface area contributed by atoms with Crippen molar-refractivity contribution in [1.29, 1.82) is 0 Å². The van der Waals surface area contributed by atoms with Crippen LogP contribution in [-0.2, 0) is 0 Å². The number of rotatable bonds is 2. The van der Waals surface area contributed by atoms with Crippen LogP contribution in [0.3, 0.4) is 0 Å². The number of benzene rings is 1. The van der Waals surface area contributed by atoms with Crippen LogP contribution in [0.25, 0.3) is 0 Å². The van der Waals surface area contributed by atoms with Crippen LogP contribution in [0.15, 0.2) is 18.2 Å². The molecule has 1 aromatic rings. The van der Waals surface area contributed by atoms with E-state index in [1.54, 1.807) is 0 Å². The zero-order valence-corrected chi connectivity index (χ0v) is 11.0. The first-order valence-electron chi connectivity index (χ1n) is 5.76. The lowest BCUT2D eigenvalue weighted by atomic mass is 9.64. The molecule has 1 aliphatic carbocycles. The fraction of sp³-hybridized carbons (Fsp3) is 0.462. The highest BCUT2D eigenvalue weighted by Gasteiger charge is 2.47. The number of aliphatic hydroxyl groups excluding tert-OH is 1. The highest BCUT2D eigenvalue weighted by molar-refractivity contribution is 6.31. The number of hydrogen-bond donors (Lipinski definition) is 2. The van der Waals surface area contributed by atoms with Gasteiger partial charge in [0.25, 0.3) is 5.91 Å². The summed E-state index contributed by atoms with van der Waals surface area (Å²) in [5.74, 6) is -0.852. The van der Waals surface area contributed by atoms with E-state index >= 15 is 0 Å². The number of amides is 1. The van der Waals surface area contributed by atoms with Crippen LogP contribution < -0.4 is 5.32 Å². The molecule has 2 N–H and O–H groups in total. The van der Waals surface area contributed by atoms with Gasteiger partial charge < -0.3 is 10.4 Å². The molecule has 1 aromatic carbocycles. The van der Waals surface area contributed by atoms with E-state index in [1.807, 2.05) is 13.8 Å². The number of hydrogen-bond acceptors (Lipinski definition) is 2. The van der Waals surface area contributed by atoms with Crippen LogP contribution >= 0.6 is 11.6 Å². The van der Waals surface area contributed by atoms with Gasteiger partial charge in [-0.15, -0.1) is 0 Å². The predicted octanol–water partition coefficient (Wildman–Crippen LogP) is 2.37. The normalized spacial score (nSPS) is 25.4. The molecule has 0 aliphatic heterocycles. The zero-order chi connectivity index (χ0) is 13.5. The summed E-state index contributed by atoms with van der Waals surface area (Å²) in [7, 11) is 0. The lowest BCUT2D eigenvalue weighted by Crippen LogP contribution is -2.61. The maximum absolute atomic E-state index is 13.0. The Balaban J connectivity index is 2.07. The molecule has 18 heavy (non-hydrogen) atoms. The second-order valence-electron chi connectivity index (χ2n) is 5.23. The summed E-state index contributed by atoms with van der Waals surface area (Å²) in [5, 5.41) is 12.3. The van der Waals surface area contributed by atoms with Gasteiger partial charge >= 0.3 is 0 Å². The third-order valence-electron chi connectivity index (χ3n) is 3.70. The minimum absolute atomic E-state index is 0.0736. The Labute approximate surface area is 110 Å². The second kappa shape index (κ2) is 4.52. The molecule has 2 atom stereocenters. The van der Waals surface area contributed by atoms with E-state index in [9.17, 15) is 14.3 Å². The smallest absolute Gasteiger partial charge is 0.251 e. The van der Waals surface area contributed by atoms with Crippen molar-refractivity contribution >= 4 is 17.5 Å². The molecule has 1 fully saturated rings. The van der Waals surface area contributed by atoms with E-state index in [2.05, 4.69) is 5.32 Å². The predicted molar refractivity (Wildman–Crippen MR) is 67.1 cm³/mol. The summed E-state index contributed by atoms with van der Waals surface area (Å²) in [6, 6.07) is 3.77. The SMILES string of the molecule is CC1(C)C(O)CC1NC(=O)c1ccc(F)c(Cl)c1. The Morgan fingerprint density at radius 3 is 2.72 bits per heavy atom. The van der Waals surface area contributed by atoms with E-state index < -0.39 is 11.9 Å². The van der Waals surface area contributed by atoms with E-state index in [0.717, 1.165) is 6.07 Å². The Morgan fingerprint density at radius 2 is 2.22 bits per heavy atom. The lowest BCUT2D eigenvalue weighted by molar-refractivity contribution is -0.0689. The third kappa shape index (κ3) is 2.22. The van der Waals surface area contributed by atoms with Crippen LogP contribution in [0.2, 0.25) is 5.02 Å². The fourth-order valence-corrected chi connectivity index (χ4v) is 2.21. The van der Waals surface area contributed by atoms with Gasteiger partial charge in [-0.2, -0.15) is 0 Å². The molecule has 1 aliphatic rings. The Kier molecular flexibility index (Phi) is 3.34. The van der Waals surface area contributed by atoms with Crippen molar-refractivity contribution in [2.75, 3.05) is 0 Å². The van der Waals surface area contributed by atoms with Gasteiger partial charge in [0.1, 0.15) is 5.82 Å². The van der Waals surface area contributed by atoms with Crippen LogP contribution in [0.1, 0.15) is 30.6 Å². The number of nitrogens with one attached hydrogen (secondary N) is 1. The molecule has 0 bridgehead atoms. The largest absolute Gasteiger partial charge is 0.392 e. The van der Waals surface area contributed by atoms with Crippen molar-refractivity contribution in [1.82, 2.24) is 5.32 Å². The first kappa shape index (κ1) is 13.3. The summed E-state index contributed by atoms with van der Waals surface area (Å²) in [6.45, 7) is 3.79. The van der Waals surface area contributed by atoms with Gasteiger partial charge in [-0.1, -0.05) is 25.4 Å². The van der Waals surface area contributed by atoms with Gasteiger partial charge in [0.05, 0.1) is 11.1 Å². The van der Waals surface area contributed by atoms with Crippen LogP contribution in [0, 0.1) is 11.2 Å². The van der Waals surface area contributed by atoms with Gasteiger partial charge in [0.2, 0.25) is 0 Å². The summed E-state index contributed by atoms with van der Waals surface area (Å²) >= 11 is 5.63. The van der Waals surface area contributed by atoms with Crippen LogP contribution in [0.4, 0.5) is 4.39 Å². The van der Waals surface area contributed by atoms with Crippen molar-refractivity contribution in [3.63, 3.8) is 0 Å². The number of aliphatic hydroxyl groups is 1. The number of carbonyl (C=O) groups is 1. The monoisotopic (exact) mass is 271 g/mol. The molecule has 0 radical (unpaired) electrons. The molecule has 0 spiro atoms. The van der Waals surface area contributed by atoms with E-state index in [1.165, 1.54) is 12.1 Å². The standard InChI is InChI=1S/C13H15ClFNO2/c1-13(2)10(6-11(13)17)16-12(18)7-3-4-9(15)8(14)5-7/h3-5,10-11,17H,6H2,1-2H3,(H,16,18). The Hall–Kier alpha value is -1.13. The summed E-state index contributed by atoms with van der Waals surface area (Å²) in [6.07, 6.45) is 0.132. The molecule has 1 saturated carbocycles. The summed E-state index contributed by atoms with van der Waals surface area (Å²) in [4.78, 5) is 11.9. The van der Waals surface area contributed by atoms with Gasteiger partial charge in [0, 0.05) is 17.0 Å². The topological polar surface area (TPSA) is 49.3 Å². The number of halogens is 2. The molecule has 2 unspecified atom stereocenters. The molecule has 3 nitrogen and oxygen atoms in total. The lowest BCUT2D eigenvalue weighted by Gasteiger charge is -2.49. The van der Waals surface area contributed by atoms with E-state index in [-0.39, 0.29) is 22.4 Å².